The Kier molecular flexibility index (Phi) is 8.97. The van der Waals surface area contributed by atoms with Gasteiger partial charge in [0.1, 0.15) is 0 Å². The lowest BCUT2D eigenvalue weighted by molar-refractivity contribution is -0.125. The summed E-state index contributed by atoms with van der Waals surface area (Å²) >= 11 is 0. The highest BCUT2D eigenvalue weighted by Crippen LogP contribution is 2.19. The second kappa shape index (κ2) is 11.3. The van der Waals surface area contributed by atoms with Crippen LogP contribution in [-0.2, 0) is 9.59 Å². The molecule has 0 saturated carbocycles. The molecular formula is C19H34N4O2. The molecule has 2 aliphatic rings. The zero-order valence-electron chi connectivity index (χ0n) is 15.7. The number of rotatable bonds is 9. The third-order valence-corrected chi connectivity index (χ3v) is 4.92. The smallest absolute Gasteiger partial charge is 0.234 e. The number of nitrogens with zero attached hydrogens (tertiary/aromatic N) is 2. The van der Waals surface area contributed by atoms with Crippen molar-refractivity contribution in [2.24, 2.45) is 0 Å². The predicted molar refractivity (Wildman–Crippen MR) is 100 cm³/mol. The molecule has 1 heterocycles. The van der Waals surface area contributed by atoms with Crippen LogP contribution in [0.1, 0.15) is 45.4 Å². The van der Waals surface area contributed by atoms with E-state index in [0.717, 1.165) is 52.1 Å². The van der Waals surface area contributed by atoms with Gasteiger partial charge in [0, 0.05) is 39.3 Å². The first-order valence-corrected chi connectivity index (χ1v) is 9.83. The van der Waals surface area contributed by atoms with Crippen molar-refractivity contribution in [3.05, 3.63) is 11.6 Å². The molecule has 0 aromatic carbocycles. The summed E-state index contributed by atoms with van der Waals surface area (Å²) in [5, 5.41) is 5.96. The Balaban J connectivity index is 1.55. The van der Waals surface area contributed by atoms with E-state index in [1.807, 2.05) is 0 Å². The van der Waals surface area contributed by atoms with Crippen molar-refractivity contribution in [3.63, 3.8) is 0 Å². The number of allylic oxidation sites excluding steroid dienone is 1. The zero-order valence-corrected chi connectivity index (χ0v) is 15.7. The van der Waals surface area contributed by atoms with Crippen LogP contribution in [-0.4, -0.2) is 74.0 Å². The van der Waals surface area contributed by atoms with Gasteiger partial charge in [-0.1, -0.05) is 18.6 Å². The van der Waals surface area contributed by atoms with E-state index < -0.39 is 0 Å². The van der Waals surface area contributed by atoms with Crippen LogP contribution in [0.25, 0.3) is 0 Å². The number of carbonyl (C=O) groups excluding carboxylic acids is 2. The molecule has 6 heteroatoms. The van der Waals surface area contributed by atoms with Gasteiger partial charge >= 0.3 is 0 Å². The molecule has 6 nitrogen and oxygen atoms in total. The van der Waals surface area contributed by atoms with Crippen molar-refractivity contribution in [2.45, 2.75) is 45.4 Å². The van der Waals surface area contributed by atoms with Crippen molar-refractivity contribution in [1.29, 1.82) is 0 Å². The number of nitrogens with one attached hydrogen (secondary N) is 2. The quantitative estimate of drug-likeness (QED) is 0.612. The van der Waals surface area contributed by atoms with E-state index in [1.165, 1.54) is 31.3 Å². The maximum Gasteiger partial charge on any atom is 0.234 e. The van der Waals surface area contributed by atoms with Gasteiger partial charge in [0.05, 0.1) is 13.1 Å². The molecule has 2 rings (SSSR count). The van der Waals surface area contributed by atoms with Gasteiger partial charge in [0.25, 0.3) is 0 Å². The summed E-state index contributed by atoms with van der Waals surface area (Å²) in [7, 11) is 0. The largest absolute Gasteiger partial charge is 0.355 e. The maximum absolute atomic E-state index is 12.1. The fourth-order valence-electron chi connectivity index (χ4n) is 3.38. The van der Waals surface area contributed by atoms with Crippen LogP contribution >= 0.6 is 0 Å². The summed E-state index contributed by atoms with van der Waals surface area (Å²) in [5.74, 6) is 0.218. The topological polar surface area (TPSA) is 64.7 Å². The highest BCUT2D eigenvalue weighted by Gasteiger charge is 2.20. The molecule has 0 aromatic rings. The SMILES string of the molecule is CCCNC(=O)CN1CCN(CC(=O)NCCC2=CCCCC2)CC1. The summed E-state index contributed by atoms with van der Waals surface area (Å²) in [5.41, 5.74) is 1.50. The van der Waals surface area contributed by atoms with Gasteiger partial charge in [-0.15, -0.1) is 0 Å². The lowest BCUT2D eigenvalue weighted by atomic mass is 9.97. The molecule has 1 saturated heterocycles. The first-order valence-electron chi connectivity index (χ1n) is 9.83. The van der Waals surface area contributed by atoms with E-state index in [1.54, 1.807) is 0 Å². The third-order valence-electron chi connectivity index (χ3n) is 4.92. The second-order valence-corrected chi connectivity index (χ2v) is 7.11. The Morgan fingerprint density at radius 1 is 0.960 bits per heavy atom. The Morgan fingerprint density at radius 3 is 2.08 bits per heavy atom. The predicted octanol–water partition coefficient (Wildman–Crippen LogP) is 1.14. The molecule has 0 unspecified atom stereocenters. The average molecular weight is 351 g/mol. The highest BCUT2D eigenvalue weighted by atomic mass is 16.2. The van der Waals surface area contributed by atoms with Gasteiger partial charge in [-0.3, -0.25) is 19.4 Å². The van der Waals surface area contributed by atoms with E-state index >= 15 is 0 Å². The van der Waals surface area contributed by atoms with Crippen molar-refractivity contribution in [2.75, 3.05) is 52.4 Å². The Bertz CT molecular complexity index is 456. The van der Waals surface area contributed by atoms with E-state index in [2.05, 4.69) is 33.4 Å². The standard InChI is InChI=1S/C19H34N4O2/c1-2-9-20-18(24)15-22-11-13-23(14-12-22)16-19(25)21-10-8-17-6-4-3-5-7-17/h6H,2-5,7-16H2,1H3,(H,20,24)(H,21,25). The molecule has 1 aliphatic carbocycles. The van der Waals surface area contributed by atoms with Crippen LogP contribution in [0.2, 0.25) is 0 Å². The van der Waals surface area contributed by atoms with Crippen molar-refractivity contribution >= 4 is 11.8 Å². The lowest BCUT2D eigenvalue weighted by Crippen LogP contribution is -2.51. The van der Waals surface area contributed by atoms with Crippen LogP contribution in [0.4, 0.5) is 0 Å². The molecule has 0 radical (unpaired) electrons. The zero-order chi connectivity index (χ0) is 17.9. The van der Waals surface area contributed by atoms with Gasteiger partial charge in [-0.2, -0.15) is 0 Å². The molecule has 0 aromatic heterocycles. The van der Waals surface area contributed by atoms with Crippen molar-refractivity contribution in [3.8, 4) is 0 Å². The van der Waals surface area contributed by atoms with E-state index in [9.17, 15) is 9.59 Å². The van der Waals surface area contributed by atoms with E-state index in [4.69, 9.17) is 0 Å². The molecule has 2 N–H and O–H groups in total. The Hall–Kier alpha value is -1.40. The molecule has 1 fully saturated rings. The summed E-state index contributed by atoms with van der Waals surface area (Å²) in [6, 6.07) is 0. The summed E-state index contributed by atoms with van der Waals surface area (Å²) in [4.78, 5) is 28.2. The number of piperazine rings is 1. The average Bonchev–Trinajstić information content (AvgIpc) is 2.62. The van der Waals surface area contributed by atoms with Crippen LogP contribution in [0, 0.1) is 0 Å². The first kappa shape index (κ1) is 19.9. The second-order valence-electron chi connectivity index (χ2n) is 7.11. The molecule has 25 heavy (non-hydrogen) atoms. The normalized spacial score (nSPS) is 19.3. The molecule has 2 amide bonds. The van der Waals surface area contributed by atoms with Crippen LogP contribution in [0.5, 0.6) is 0 Å². The lowest BCUT2D eigenvalue weighted by Gasteiger charge is -2.33. The van der Waals surface area contributed by atoms with Gasteiger partial charge in [-0.25, -0.2) is 0 Å². The van der Waals surface area contributed by atoms with Crippen LogP contribution in [0.15, 0.2) is 11.6 Å². The summed E-state index contributed by atoms with van der Waals surface area (Å²) in [6.07, 6.45) is 9.29. The molecule has 142 valence electrons. The minimum Gasteiger partial charge on any atom is -0.355 e. The van der Waals surface area contributed by atoms with Crippen molar-refractivity contribution < 1.29 is 9.59 Å². The number of hydrogen-bond acceptors (Lipinski definition) is 4. The fraction of sp³-hybridized carbons (Fsp3) is 0.789. The Morgan fingerprint density at radius 2 is 1.56 bits per heavy atom. The first-order chi connectivity index (χ1) is 12.2. The number of carbonyl (C=O) groups is 2. The minimum absolute atomic E-state index is 0.102. The van der Waals surface area contributed by atoms with E-state index in [0.29, 0.717) is 13.1 Å². The van der Waals surface area contributed by atoms with Gasteiger partial charge in [-0.05, 0) is 38.5 Å². The van der Waals surface area contributed by atoms with Crippen LogP contribution in [0.3, 0.4) is 0 Å². The Labute approximate surface area is 152 Å². The summed E-state index contributed by atoms with van der Waals surface area (Å²) in [6.45, 7) is 7.87. The van der Waals surface area contributed by atoms with Crippen LogP contribution < -0.4 is 10.6 Å². The van der Waals surface area contributed by atoms with E-state index in [-0.39, 0.29) is 11.8 Å². The molecular weight excluding hydrogens is 316 g/mol. The van der Waals surface area contributed by atoms with Gasteiger partial charge in [0.2, 0.25) is 11.8 Å². The maximum atomic E-state index is 12.1. The van der Waals surface area contributed by atoms with Gasteiger partial charge < -0.3 is 10.6 Å². The summed E-state index contributed by atoms with van der Waals surface area (Å²) < 4.78 is 0. The van der Waals surface area contributed by atoms with Crippen molar-refractivity contribution in [1.82, 2.24) is 20.4 Å². The van der Waals surface area contributed by atoms with Gasteiger partial charge in [0.15, 0.2) is 0 Å². The molecule has 0 bridgehead atoms. The highest BCUT2D eigenvalue weighted by molar-refractivity contribution is 5.78. The molecule has 1 aliphatic heterocycles. The fourth-order valence-corrected chi connectivity index (χ4v) is 3.38. The molecule has 0 atom stereocenters. The molecule has 0 spiro atoms. The monoisotopic (exact) mass is 350 g/mol. The number of amides is 2. The number of hydrogen-bond donors (Lipinski definition) is 2. The minimum atomic E-state index is 0.102. The third kappa shape index (κ3) is 8.01.